The molecule has 0 spiro atoms. The minimum absolute atomic E-state index is 0.133. The van der Waals surface area contributed by atoms with Gasteiger partial charge in [0.05, 0.1) is 26.5 Å². The van der Waals surface area contributed by atoms with Gasteiger partial charge in [0.15, 0.2) is 5.13 Å². The third-order valence-electron chi connectivity index (χ3n) is 4.22. The monoisotopic (exact) mass is 425 g/mol. The van der Waals surface area contributed by atoms with E-state index in [-0.39, 0.29) is 5.91 Å². The molecule has 28 heavy (non-hydrogen) atoms. The molecule has 1 N–H and O–H groups in total. The number of thioether (sulfide) groups is 1. The molecule has 142 valence electrons. The second-order valence-electron chi connectivity index (χ2n) is 6.54. The van der Waals surface area contributed by atoms with Crippen LogP contribution in [0.25, 0.3) is 10.2 Å². The first-order valence-corrected chi connectivity index (χ1v) is 11.5. The lowest BCUT2D eigenvalue weighted by Gasteiger charge is -2.08. The lowest BCUT2D eigenvalue weighted by atomic mass is 10.1. The number of carbonyl (C=O) groups is 1. The van der Waals surface area contributed by atoms with Gasteiger partial charge in [0, 0.05) is 16.0 Å². The molecule has 4 aromatic rings. The van der Waals surface area contributed by atoms with E-state index in [2.05, 4.69) is 39.7 Å². The first-order chi connectivity index (χ1) is 13.5. The SMILES string of the molecule is Cc1cc(C)c2nc(NC(=O)c3ccccc3SCc3csc(C)n3)sc2c1. The number of carbonyl (C=O) groups excluding carboxylic acids is 1. The molecule has 0 fully saturated rings. The van der Waals surface area contributed by atoms with Crippen LogP contribution in [0.1, 0.15) is 32.2 Å². The zero-order valence-corrected chi connectivity index (χ0v) is 18.2. The molecule has 2 aromatic carbocycles. The van der Waals surface area contributed by atoms with E-state index in [1.54, 1.807) is 23.1 Å². The molecular weight excluding hydrogens is 406 g/mol. The van der Waals surface area contributed by atoms with Gasteiger partial charge in [0.25, 0.3) is 5.91 Å². The highest BCUT2D eigenvalue weighted by Crippen LogP contribution is 2.31. The number of fused-ring (bicyclic) bond motifs is 1. The Hall–Kier alpha value is -2.22. The first kappa shape index (κ1) is 19.1. The van der Waals surface area contributed by atoms with Gasteiger partial charge in [-0.2, -0.15) is 0 Å². The molecule has 7 heteroatoms. The van der Waals surface area contributed by atoms with Crippen LogP contribution in [-0.4, -0.2) is 15.9 Å². The number of nitrogens with zero attached hydrogens (tertiary/aromatic N) is 2. The molecule has 0 unspecified atom stereocenters. The second kappa shape index (κ2) is 8.03. The Morgan fingerprint density at radius 1 is 1.14 bits per heavy atom. The average Bonchev–Trinajstić information content (AvgIpc) is 3.26. The van der Waals surface area contributed by atoms with Gasteiger partial charge in [-0.15, -0.1) is 23.1 Å². The van der Waals surface area contributed by atoms with Gasteiger partial charge in [-0.1, -0.05) is 29.5 Å². The molecule has 0 radical (unpaired) electrons. The molecule has 2 aromatic heterocycles. The van der Waals surface area contributed by atoms with E-state index in [9.17, 15) is 4.79 Å². The fourth-order valence-corrected chi connectivity index (χ4v) is 5.69. The Labute approximate surface area is 176 Å². The van der Waals surface area contributed by atoms with Crippen LogP contribution in [0.5, 0.6) is 0 Å². The number of aromatic nitrogens is 2. The number of hydrogen-bond acceptors (Lipinski definition) is 6. The Bertz CT molecular complexity index is 1160. The summed E-state index contributed by atoms with van der Waals surface area (Å²) in [4.78, 5) is 23.0. The number of anilines is 1. The number of hydrogen-bond donors (Lipinski definition) is 1. The maximum atomic E-state index is 12.9. The summed E-state index contributed by atoms with van der Waals surface area (Å²) in [6, 6.07) is 11.9. The number of amides is 1. The molecule has 2 heterocycles. The molecule has 4 rings (SSSR count). The lowest BCUT2D eigenvalue weighted by molar-refractivity contribution is 0.102. The van der Waals surface area contributed by atoms with Crippen molar-refractivity contribution in [2.24, 2.45) is 0 Å². The van der Waals surface area contributed by atoms with Crippen LogP contribution < -0.4 is 5.32 Å². The zero-order chi connectivity index (χ0) is 19.7. The fourth-order valence-electron chi connectivity index (χ4n) is 2.99. The molecule has 0 aliphatic carbocycles. The normalized spacial score (nSPS) is 11.1. The number of aryl methyl sites for hydroxylation is 3. The summed E-state index contributed by atoms with van der Waals surface area (Å²) in [5.41, 5.74) is 4.98. The Morgan fingerprint density at radius 3 is 2.75 bits per heavy atom. The van der Waals surface area contributed by atoms with E-state index in [1.807, 2.05) is 38.1 Å². The van der Waals surface area contributed by atoms with Gasteiger partial charge < -0.3 is 0 Å². The number of nitrogens with one attached hydrogen (secondary N) is 1. The van der Waals surface area contributed by atoms with Gasteiger partial charge in [0.2, 0.25) is 0 Å². The summed E-state index contributed by atoms with van der Waals surface area (Å²) in [7, 11) is 0. The van der Waals surface area contributed by atoms with Crippen molar-refractivity contribution in [2.75, 3.05) is 5.32 Å². The molecule has 1 amide bonds. The summed E-state index contributed by atoms with van der Waals surface area (Å²) in [6.45, 7) is 6.12. The minimum Gasteiger partial charge on any atom is -0.298 e. The van der Waals surface area contributed by atoms with Crippen molar-refractivity contribution in [3.05, 3.63) is 69.2 Å². The van der Waals surface area contributed by atoms with Crippen molar-refractivity contribution in [2.45, 2.75) is 31.4 Å². The summed E-state index contributed by atoms with van der Waals surface area (Å²) in [5, 5.41) is 6.73. The quantitative estimate of drug-likeness (QED) is 0.386. The van der Waals surface area contributed by atoms with E-state index in [1.165, 1.54) is 16.9 Å². The smallest absolute Gasteiger partial charge is 0.258 e. The largest absolute Gasteiger partial charge is 0.298 e. The zero-order valence-electron chi connectivity index (χ0n) is 15.8. The second-order valence-corrected chi connectivity index (χ2v) is 9.65. The predicted molar refractivity (Wildman–Crippen MR) is 120 cm³/mol. The fraction of sp³-hybridized carbons (Fsp3) is 0.190. The third kappa shape index (κ3) is 4.11. The Balaban J connectivity index is 1.54. The van der Waals surface area contributed by atoms with Crippen LogP contribution in [-0.2, 0) is 5.75 Å². The summed E-state index contributed by atoms with van der Waals surface area (Å²) >= 11 is 4.78. The van der Waals surface area contributed by atoms with Crippen LogP contribution in [0.4, 0.5) is 5.13 Å². The van der Waals surface area contributed by atoms with Crippen LogP contribution in [0.3, 0.4) is 0 Å². The van der Waals surface area contributed by atoms with Crippen LogP contribution in [0, 0.1) is 20.8 Å². The van der Waals surface area contributed by atoms with Gasteiger partial charge in [0.1, 0.15) is 0 Å². The molecule has 0 atom stereocenters. The van der Waals surface area contributed by atoms with Crippen molar-refractivity contribution in [3.63, 3.8) is 0 Å². The van der Waals surface area contributed by atoms with Gasteiger partial charge in [-0.05, 0) is 50.1 Å². The van der Waals surface area contributed by atoms with Crippen LogP contribution in [0.2, 0.25) is 0 Å². The molecule has 0 bridgehead atoms. The van der Waals surface area contributed by atoms with E-state index < -0.39 is 0 Å². The van der Waals surface area contributed by atoms with Crippen molar-refractivity contribution in [1.82, 2.24) is 9.97 Å². The molecular formula is C21H19N3OS3. The molecule has 0 saturated carbocycles. The summed E-state index contributed by atoms with van der Waals surface area (Å²) < 4.78 is 1.09. The first-order valence-electron chi connectivity index (χ1n) is 8.81. The van der Waals surface area contributed by atoms with Crippen molar-refractivity contribution in [1.29, 1.82) is 0 Å². The number of benzene rings is 2. The lowest BCUT2D eigenvalue weighted by Crippen LogP contribution is -2.12. The summed E-state index contributed by atoms with van der Waals surface area (Å²) in [6.07, 6.45) is 0. The van der Waals surface area contributed by atoms with E-state index >= 15 is 0 Å². The molecule has 0 aliphatic rings. The van der Waals surface area contributed by atoms with Crippen molar-refractivity contribution >= 4 is 55.7 Å². The number of rotatable bonds is 5. The molecule has 4 nitrogen and oxygen atoms in total. The average molecular weight is 426 g/mol. The maximum Gasteiger partial charge on any atom is 0.258 e. The van der Waals surface area contributed by atoms with Gasteiger partial charge >= 0.3 is 0 Å². The van der Waals surface area contributed by atoms with Crippen LogP contribution >= 0.6 is 34.4 Å². The van der Waals surface area contributed by atoms with Crippen molar-refractivity contribution < 1.29 is 4.79 Å². The summed E-state index contributed by atoms with van der Waals surface area (Å²) in [5.74, 6) is 0.611. The van der Waals surface area contributed by atoms with Crippen LogP contribution in [0.15, 0.2) is 46.7 Å². The third-order valence-corrected chi connectivity index (χ3v) is 7.07. The van der Waals surface area contributed by atoms with E-state index in [0.717, 1.165) is 37.1 Å². The standard InChI is InChI=1S/C21H19N3OS3/c1-12-8-13(2)19-18(9-12)28-21(23-19)24-20(25)16-6-4-5-7-17(16)27-11-15-10-26-14(3)22-15/h4-10H,11H2,1-3H3,(H,23,24,25). The molecule has 0 aliphatic heterocycles. The predicted octanol–water partition coefficient (Wildman–Crippen LogP) is 6.22. The van der Waals surface area contributed by atoms with Crippen molar-refractivity contribution in [3.8, 4) is 0 Å². The van der Waals surface area contributed by atoms with E-state index in [0.29, 0.717) is 10.7 Å². The maximum absolute atomic E-state index is 12.9. The van der Waals surface area contributed by atoms with Gasteiger partial charge in [-0.3, -0.25) is 10.1 Å². The Kier molecular flexibility index (Phi) is 5.48. The Morgan fingerprint density at radius 2 is 1.96 bits per heavy atom. The highest BCUT2D eigenvalue weighted by molar-refractivity contribution is 7.98. The topological polar surface area (TPSA) is 54.9 Å². The minimum atomic E-state index is -0.133. The number of thiazole rings is 2. The highest BCUT2D eigenvalue weighted by Gasteiger charge is 2.15. The highest BCUT2D eigenvalue weighted by atomic mass is 32.2. The van der Waals surface area contributed by atoms with Gasteiger partial charge in [-0.25, -0.2) is 9.97 Å². The molecule has 0 saturated heterocycles. The van der Waals surface area contributed by atoms with E-state index in [4.69, 9.17) is 0 Å².